The van der Waals surface area contributed by atoms with Crippen molar-refractivity contribution in [2.75, 3.05) is 19.6 Å². The highest BCUT2D eigenvalue weighted by atomic mass is 127. The van der Waals surface area contributed by atoms with Crippen LogP contribution < -0.4 is 0 Å². The fraction of sp³-hybridized carbons (Fsp3) is 0.360. The lowest BCUT2D eigenvalue weighted by Gasteiger charge is -2.36. The van der Waals surface area contributed by atoms with Crippen molar-refractivity contribution in [3.8, 4) is 0 Å². The van der Waals surface area contributed by atoms with E-state index in [1.807, 2.05) is 0 Å². The summed E-state index contributed by atoms with van der Waals surface area (Å²) in [5.74, 6) is 0.976. The quantitative estimate of drug-likeness (QED) is 0.391. The zero-order chi connectivity index (χ0) is 18.2. The van der Waals surface area contributed by atoms with Gasteiger partial charge in [-0.2, -0.15) is 0 Å². The third-order valence-electron chi connectivity index (χ3n) is 6.51. The van der Waals surface area contributed by atoms with Crippen molar-refractivity contribution < 1.29 is 0 Å². The van der Waals surface area contributed by atoms with Gasteiger partial charge in [-0.05, 0) is 94.2 Å². The van der Waals surface area contributed by atoms with E-state index in [4.69, 9.17) is 0 Å². The summed E-state index contributed by atoms with van der Waals surface area (Å²) in [6.07, 6.45) is 11.4. The smallest absolute Gasteiger partial charge is 0.0136 e. The van der Waals surface area contributed by atoms with Gasteiger partial charge in [0.15, 0.2) is 0 Å². The van der Waals surface area contributed by atoms with Crippen LogP contribution in [0.5, 0.6) is 0 Å². The van der Waals surface area contributed by atoms with Crippen LogP contribution >= 0.6 is 22.6 Å². The van der Waals surface area contributed by atoms with Gasteiger partial charge >= 0.3 is 0 Å². The number of likely N-dealkylation sites (tertiary alicyclic amines) is 1. The zero-order valence-corrected chi connectivity index (χ0v) is 17.9. The van der Waals surface area contributed by atoms with Gasteiger partial charge in [-0.25, -0.2) is 0 Å². The molecule has 1 nitrogen and oxygen atoms in total. The number of fused-ring (bicyclic) bond motifs is 2. The number of nitrogens with zero attached hydrogens (tertiary/aromatic N) is 1. The van der Waals surface area contributed by atoms with Gasteiger partial charge < -0.3 is 4.90 Å². The number of benzene rings is 2. The van der Waals surface area contributed by atoms with Crippen molar-refractivity contribution >= 4 is 40.3 Å². The Morgan fingerprint density at radius 2 is 1.63 bits per heavy atom. The standard InChI is InChI=1S/C25H26IN/c26-22-11-10-20-9-8-19-6-1-2-7-23(19)25(24(20)16-22)21-12-14-27(15-13-21)17-18-4-3-5-18/h1-2,6-11,16,18H,3-5,12-15,17H2. The second kappa shape index (κ2) is 7.56. The summed E-state index contributed by atoms with van der Waals surface area (Å²) in [5, 5.41) is 0. The molecule has 5 rings (SSSR count). The molecule has 1 saturated carbocycles. The van der Waals surface area contributed by atoms with E-state index in [1.54, 1.807) is 5.57 Å². The van der Waals surface area contributed by atoms with Gasteiger partial charge in [-0.15, -0.1) is 0 Å². The zero-order valence-electron chi connectivity index (χ0n) is 15.8. The van der Waals surface area contributed by atoms with Crippen LogP contribution in [-0.4, -0.2) is 24.5 Å². The molecular formula is C25H26IN. The Hall–Kier alpha value is -1.39. The number of piperidine rings is 1. The molecule has 0 atom stereocenters. The largest absolute Gasteiger partial charge is 0.302 e. The SMILES string of the molecule is Ic1ccc2c(c1)C(=C1CCN(CC3CCC3)CC1)c1ccccc1C=C2. The minimum absolute atomic E-state index is 0.976. The Balaban J connectivity index is 1.53. The lowest BCUT2D eigenvalue weighted by molar-refractivity contribution is 0.169. The van der Waals surface area contributed by atoms with E-state index in [9.17, 15) is 0 Å². The number of hydrogen-bond donors (Lipinski definition) is 0. The van der Waals surface area contributed by atoms with Crippen molar-refractivity contribution in [3.05, 3.63) is 73.9 Å². The van der Waals surface area contributed by atoms with Crippen LogP contribution in [0.25, 0.3) is 17.7 Å². The summed E-state index contributed by atoms with van der Waals surface area (Å²) >= 11 is 2.45. The summed E-state index contributed by atoms with van der Waals surface area (Å²) in [4.78, 5) is 2.71. The molecule has 0 bridgehead atoms. The fourth-order valence-corrected chi connectivity index (χ4v) is 5.25. The van der Waals surface area contributed by atoms with E-state index < -0.39 is 0 Å². The van der Waals surface area contributed by atoms with Crippen LogP contribution in [-0.2, 0) is 0 Å². The molecule has 0 unspecified atom stereocenters. The van der Waals surface area contributed by atoms with Crippen LogP contribution in [0.4, 0.5) is 0 Å². The molecule has 2 fully saturated rings. The molecule has 0 N–H and O–H groups in total. The first-order valence-corrected chi connectivity index (χ1v) is 11.4. The summed E-state index contributed by atoms with van der Waals surface area (Å²) in [7, 11) is 0. The lowest BCUT2D eigenvalue weighted by atomic mass is 9.83. The first-order chi connectivity index (χ1) is 13.3. The Kier molecular flexibility index (Phi) is 4.95. The molecule has 0 amide bonds. The average Bonchev–Trinajstić information content (AvgIpc) is 2.82. The van der Waals surface area contributed by atoms with Gasteiger partial charge in [0.1, 0.15) is 0 Å². The lowest BCUT2D eigenvalue weighted by Crippen LogP contribution is -2.37. The molecular weight excluding hydrogens is 441 g/mol. The van der Waals surface area contributed by atoms with Gasteiger partial charge in [0.2, 0.25) is 0 Å². The van der Waals surface area contributed by atoms with Crippen molar-refractivity contribution in [2.45, 2.75) is 32.1 Å². The molecule has 0 radical (unpaired) electrons. The van der Waals surface area contributed by atoms with Gasteiger partial charge in [0.25, 0.3) is 0 Å². The highest BCUT2D eigenvalue weighted by Crippen LogP contribution is 2.39. The Morgan fingerprint density at radius 1 is 0.889 bits per heavy atom. The van der Waals surface area contributed by atoms with Crippen LogP contribution in [0, 0.1) is 9.49 Å². The Labute approximate surface area is 176 Å². The molecule has 2 aliphatic carbocycles. The van der Waals surface area contributed by atoms with Crippen molar-refractivity contribution in [1.82, 2.24) is 4.90 Å². The summed E-state index contributed by atoms with van der Waals surface area (Å²) < 4.78 is 1.32. The minimum Gasteiger partial charge on any atom is -0.302 e. The Bertz CT molecular complexity index is 910. The average molecular weight is 467 g/mol. The molecule has 3 aliphatic rings. The molecule has 0 spiro atoms. The van der Waals surface area contributed by atoms with E-state index in [1.165, 1.54) is 83.1 Å². The first kappa shape index (κ1) is 17.7. The summed E-state index contributed by atoms with van der Waals surface area (Å²) in [5.41, 5.74) is 8.70. The van der Waals surface area contributed by atoms with Crippen molar-refractivity contribution in [2.24, 2.45) is 5.92 Å². The second-order valence-corrected chi connectivity index (χ2v) is 9.47. The van der Waals surface area contributed by atoms with Gasteiger partial charge in [0, 0.05) is 23.2 Å². The minimum atomic E-state index is 0.976. The predicted molar refractivity (Wildman–Crippen MR) is 124 cm³/mol. The van der Waals surface area contributed by atoms with Gasteiger partial charge in [-0.3, -0.25) is 0 Å². The van der Waals surface area contributed by atoms with Crippen molar-refractivity contribution in [3.63, 3.8) is 0 Å². The molecule has 138 valence electrons. The maximum Gasteiger partial charge on any atom is 0.0136 e. The number of rotatable bonds is 2. The molecule has 2 aromatic carbocycles. The van der Waals surface area contributed by atoms with Crippen molar-refractivity contribution in [1.29, 1.82) is 0 Å². The molecule has 1 aliphatic heterocycles. The van der Waals surface area contributed by atoms with E-state index in [0.29, 0.717) is 0 Å². The van der Waals surface area contributed by atoms with Gasteiger partial charge in [-0.1, -0.05) is 54.5 Å². The molecule has 0 aromatic heterocycles. The van der Waals surface area contributed by atoms with Crippen LogP contribution in [0.1, 0.15) is 54.4 Å². The molecule has 2 aromatic rings. The molecule has 1 saturated heterocycles. The highest BCUT2D eigenvalue weighted by molar-refractivity contribution is 14.1. The summed E-state index contributed by atoms with van der Waals surface area (Å²) in [6.45, 7) is 3.78. The van der Waals surface area contributed by atoms with E-state index in [2.05, 4.69) is 82.1 Å². The predicted octanol–water partition coefficient (Wildman–Crippen LogP) is 6.47. The normalized spacial score (nSPS) is 20.0. The van der Waals surface area contributed by atoms with E-state index in [0.717, 1.165) is 5.92 Å². The first-order valence-electron chi connectivity index (χ1n) is 10.3. The highest BCUT2D eigenvalue weighted by Gasteiger charge is 2.25. The molecule has 2 heteroatoms. The topological polar surface area (TPSA) is 3.24 Å². The Morgan fingerprint density at radius 3 is 2.37 bits per heavy atom. The molecule has 1 heterocycles. The van der Waals surface area contributed by atoms with E-state index in [-0.39, 0.29) is 0 Å². The second-order valence-electron chi connectivity index (χ2n) is 8.23. The van der Waals surface area contributed by atoms with E-state index >= 15 is 0 Å². The third kappa shape index (κ3) is 3.54. The summed E-state index contributed by atoms with van der Waals surface area (Å²) in [6, 6.07) is 15.8. The monoisotopic (exact) mass is 467 g/mol. The number of halogens is 1. The third-order valence-corrected chi connectivity index (χ3v) is 7.18. The fourth-order valence-electron chi connectivity index (χ4n) is 4.76. The number of hydrogen-bond acceptors (Lipinski definition) is 1. The van der Waals surface area contributed by atoms with Crippen LogP contribution in [0.3, 0.4) is 0 Å². The van der Waals surface area contributed by atoms with Crippen LogP contribution in [0.15, 0.2) is 48.0 Å². The molecule has 27 heavy (non-hydrogen) atoms. The maximum absolute atomic E-state index is 2.71. The van der Waals surface area contributed by atoms with Gasteiger partial charge in [0.05, 0.1) is 0 Å². The van der Waals surface area contributed by atoms with Crippen LogP contribution in [0.2, 0.25) is 0 Å². The maximum atomic E-state index is 2.71.